The SMILES string of the molecule is COCc1cc(CNCc2ccc(N3CCN(c4ncccn4)CC3)c(F)c2)no1. The second kappa shape index (κ2) is 9.64. The summed E-state index contributed by atoms with van der Waals surface area (Å²) in [5.41, 5.74) is 2.31. The summed E-state index contributed by atoms with van der Waals surface area (Å²) in [5.74, 6) is 1.20. The minimum Gasteiger partial charge on any atom is -0.377 e. The molecule has 2 aromatic heterocycles. The van der Waals surface area contributed by atoms with E-state index in [0.717, 1.165) is 43.4 Å². The minimum atomic E-state index is -0.206. The molecule has 0 spiro atoms. The Balaban J connectivity index is 1.29. The average Bonchev–Trinajstić information content (AvgIpc) is 3.22. The molecule has 1 aliphatic rings. The summed E-state index contributed by atoms with van der Waals surface area (Å²) in [6.07, 6.45) is 3.48. The van der Waals surface area contributed by atoms with E-state index in [-0.39, 0.29) is 5.82 Å². The van der Waals surface area contributed by atoms with Gasteiger partial charge in [0, 0.05) is 64.8 Å². The number of ether oxygens (including phenoxy) is 1. The van der Waals surface area contributed by atoms with Crippen molar-refractivity contribution in [1.29, 1.82) is 0 Å². The molecule has 1 N–H and O–H groups in total. The molecule has 9 heteroatoms. The molecule has 8 nitrogen and oxygen atoms in total. The van der Waals surface area contributed by atoms with E-state index in [1.165, 1.54) is 0 Å². The van der Waals surface area contributed by atoms with Crippen molar-refractivity contribution in [2.24, 2.45) is 0 Å². The first-order chi connectivity index (χ1) is 14.7. The molecule has 0 unspecified atom stereocenters. The fourth-order valence-electron chi connectivity index (χ4n) is 3.50. The molecular weight excluding hydrogens is 387 g/mol. The zero-order valence-electron chi connectivity index (χ0n) is 16.9. The van der Waals surface area contributed by atoms with E-state index in [1.54, 1.807) is 31.6 Å². The van der Waals surface area contributed by atoms with Crippen molar-refractivity contribution >= 4 is 11.6 Å². The van der Waals surface area contributed by atoms with Gasteiger partial charge in [0.2, 0.25) is 5.95 Å². The summed E-state index contributed by atoms with van der Waals surface area (Å²) in [5, 5.41) is 7.24. The Hall–Kier alpha value is -3.04. The third kappa shape index (κ3) is 4.92. The van der Waals surface area contributed by atoms with Gasteiger partial charge < -0.3 is 24.4 Å². The van der Waals surface area contributed by atoms with E-state index >= 15 is 0 Å². The van der Waals surface area contributed by atoms with E-state index in [0.29, 0.717) is 31.1 Å². The first-order valence-corrected chi connectivity index (χ1v) is 9.92. The number of methoxy groups -OCH3 is 1. The van der Waals surface area contributed by atoms with Crippen molar-refractivity contribution < 1.29 is 13.7 Å². The number of anilines is 2. The van der Waals surface area contributed by atoms with Crippen molar-refractivity contribution in [1.82, 2.24) is 20.4 Å². The summed E-state index contributed by atoms with van der Waals surface area (Å²) >= 11 is 0. The van der Waals surface area contributed by atoms with E-state index in [1.807, 2.05) is 18.2 Å². The molecule has 0 amide bonds. The van der Waals surface area contributed by atoms with Crippen LogP contribution in [0.2, 0.25) is 0 Å². The lowest BCUT2D eigenvalue weighted by Gasteiger charge is -2.36. The smallest absolute Gasteiger partial charge is 0.225 e. The zero-order chi connectivity index (χ0) is 20.8. The molecule has 0 radical (unpaired) electrons. The van der Waals surface area contributed by atoms with Crippen LogP contribution in [0.1, 0.15) is 17.0 Å². The Morgan fingerprint density at radius 1 is 1.07 bits per heavy atom. The molecule has 1 aromatic carbocycles. The van der Waals surface area contributed by atoms with Crippen LogP contribution in [-0.4, -0.2) is 48.4 Å². The van der Waals surface area contributed by atoms with Gasteiger partial charge in [0.25, 0.3) is 0 Å². The molecule has 0 bridgehead atoms. The molecule has 4 rings (SSSR count). The molecule has 0 atom stereocenters. The maximum absolute atomic E-state index is 14.7. The fraction of sp³-hybridized carbons (Fsp3) is 0.381. The number of aromatic nitrogens is 3. The first-order valence-electron chi connectivity index (χ1n) is 9.92. The summed E-state index contributed by atoms with van der Waals surface area (Å²) in [6, 6.07) is 9.05. The highest BCUT2D eigenvalue weighted by atomic mass is 19.1. The van der Waals surface area contributed by atoms with Crippen LogP contribution in [0.15, 0.2) is 47.2 Å². The molecule has 3 heterocycles. The number of halogens is 1. The summed E-state index contributed by atoms with van der Waals surface area (Å²) < 4.78 is 24.9. The number of benzene rings is 1. The van der Waals surface area contributed by atoms with Crippen LogP contribution < -0.4 is 15.1 Å². The largest absolute Gasteiger partial charge is 0.377 e. The molecule has 1 fully saturated rings. The van der Waals surface area contributed by atoms with Crippen molar-refractivity contribution in [3.8, 4) is 0 Å². The standard InChI is InChI=1S/C21H25FN6O2/c1-29-15-18-12-17(26-30-18)14-23-13-16-3-4-20(19(22)11-16)27-7-9-28(10-8-27)21-24-5-2-6-25-21/h2-6,11-12,23H,7-10,13-15H2,1H3. The van der Waals surface area contributed by atoms with Crippen molar-refractivity contribution in [2.45, 2.75) is 19.7 Å². The van der Waals surface area contributed by atoms with Gasteiger partial charge in [-0.25, -0.2) is 14.4 Å². The van der Waals surface area contributed by atoms with Gasteiger partial charge in [0.1, 0.15) is 12.4 Å². The van der Waals surface area contributed by atoms with Gasteiger partial charge in [-0.2, -0.15) is 0 Å². The predicted molar refractivity (Wildman–Crippen MR) is 111 cm³/mol. The number of piperazine rings is 1. The first kappa shape index (κ1) is 20.2. The molecule has 1 saturated heterocycles. The molecule has 158 valence electrons. The third-order valence-electron chi connectivity index (χ3n) is 5.00. The maximum Gasteiger partial charge on any atom is 0.225 e. The van der Waals surface area contributed by atoms with Crippen molar-refractivity contribution in [3.63, 3.8) is 0 Å². The topological polar surface area (TPSA) is 79.5 Å². The number of hydrogen-bond acceptors (Lipinski definition) is 8. The Morgan fingerprint density at radius 2 is 1.83 bits per heavy atom. The van der Waals surface area contributed by atoms with E-state index in [9.17, 15) is 4.39 Å². The van der Waals surface area contributed by atoms with Crippen LogP contribution in [0.5, 0.6) is 0 Å². The zero-order valence-corrected chi connectivity index (χ0v) is 16.9. The lowest BCUT2D eigenvalue weighted by atomic mass is 10.1. The average molecular weight is 412 g/mol. The van der Waals surface area contributed by atoms with Crippen LogP contribution in [0.25, 0.3) is 0 Å². The number of nitrogens with one attached hydrogen (secondary N) is 1. The molecule has 0 saturated carbocycles. The van der Waals surface area contributed by atoms with E-state index in [2.05, 4.69) is 30.2 Å². The summed E-state index contributed by atoms with van der Waals surface area (Å²) in [6.45, 7) is 4.45. The number of nitrogens with zero attached hydrogens (tertiary/aromatic N) is 5. The summed E-state index contributed by atoms with van der Waals surface area (Å²) in [7, 11) is 1.61. The van der Waals surface area contributed by atoms with E-state index in [4.69, 9.17) is 9.26 Å². The van der Waals surface area contributed by atoms with Gasteiger partial charge >= 0.3 is 0 Å². The fourth-order valence-corrected chi connectivity index (χ4v) is 3.50. The highest BCUT2D eigenvalue weighted by Crippen LogP contribution is 2.23. The Morgan fingerprint density at radius 3 is 2.57 bits per heavy atom. The van der Waals surface area contributed by atoms with Crippen LogP contribution in [-0.2, 0) is 24.4 Å². The molecule has 0 aliphatic carbocycles. The van der Waals surface area contributed by atoms with Crippen LogP contribution in [0.3, 0.4) is 0 Å². The monoisotopic (exact) mass is 412 g/mol. The number of rotatable bonds is 8. The highest BCUT2D eigenvalue weighted by Gasteiger charge is 2.21. The van der Waals surface area contributed by atoms with Crippen molar-refractivity contribution in [3.05, 3.63) is 65.6 Å². The summed E-state index contributed by atoms with van der Waals surface area (Å²) in [4.78, 5) is 12.8. The highest BCUT2D eigenvalue weighted by molar-refractivity contribution is 5.51. The van der Waals surface area contributed by atoms with Gasteiger partial charge in [-0.05, 0) is 23.8 Å². The Bertz CT molecular complexity index is 944. The molecule has 30 heavy (non-hydrogen) atoms. The van der Waals surface area contributed by atoms with Crippen molar-refractivity contribution in [2.75, 3.05) is 43.1 Å². The van der Waals surface area contributed by atoms with Gasteiger partial charge in [0.15, 0.2) is 5.76 Å². The lowest BCUT2D eigenvalue weighted by molar-refractivity contribution is 0.155. The van der Waals surface area contributed by atoms with Crippen LogP contribution in [0, 0.1) is 5.82 Å². The third-order valence-corrected chi connectivity index (χ3v) is 5.00. The molecule has 3 aromatic rings. The van der Waals surface area contributed by atoms with Crippen LogP contribution in [0.4, 0.5) is 16.0 Å². The van der Waals surface area contributed by atoms with Gasteiger partial charge in [-0.1, -0.05) is 11.2 Å². The van der Waals surface area contributed by atoms with Crippen LogP contribution >= 0.6 is 0 Å². The van der Waals surface area contributed by atoms with Gasteiger partial charge in [-0.15, -0.1) is 0 Å². The Labute approximate surface area is 174 Å². The Kier molecular flexibility index (Phi) is 6.50. The number of hydrogen-bond donors (Lipinski definition) is 1. The maximum atomic E-state index is 14.7. The van der Waals surface area contributed by atoms with Gasteiger partial charge in [-0.3, -0.25) is 0 Å². The minimum absolute atomic E-state index is 0.206. The second-order valence-electron chi connectivity index (χ2n) is 7.13. The molecule has 1 aliphatic heterocycles. The quantitative estimate of drug-likeness (QED) is 0.604. The van der Waals surface area contributed by atoms with Gasteiger partial charge in [0.05, 0.1) is 11.4 Å². The predicted octanol–water partition coefficient (Wildman–Crippen LogP) is 2.37. The lowest BCUT2D eigenvalue weighted by Crippen LogP contribution is -2.47. The van der Waals surface area contributed by atoms with E-state index < -0.39 is 0 Å². The normalized spacial score (nSPS) is 14.3. The second-order valence-corrected chi connectivity index (χ2v) is 7.13. The molecular formula is C21H25FN6O2.